The predicted molar refractivity (Wildman–Crippen MR) is 77.9 cm³/mol. The zero-order valence-electron chi connectivity index (χ0n) is 11.6. The molecule has 0 amide bonds. The van der Waals surface area contributed by atoms with Crippen molar-refractivity contribution in [2.75, 3.05) is 25.5 Å². The molecule has 0 aliphatic carbocycles. The van der Waals surface area contributed by atoms with Crippen LogP contribution in [-0.2, 0) is 0 Å². The van der Waals surface area contributed by atoms with E-state index in [2.05, 4.69) is 11.8 Å². The van der Waals surface area contributed by atoms with Crippen LogP contribution in [0.2, 0.25) is 0 Å². The maximum Gasteiger partial charge on any atom is 0.0263 e. The number of halogens is 1. The molecule has 1 aliphatic heterocycles. The molecule has 1 saturated heterocycles. The minimum absolute atomic E-state index is 0.759. The molecule has 1 heterocycles. The minimum atomic E-state index is 0.759. The van der Waals surface area contributed by atoms with Gasteiger partial charge in [-0.1, -0.05) is 45.4 Å². The van der Waals surface area contributed by atoms with Crippen molar-refractivity contribution in [1.82, 2.24) is 4.90 Å². The second kappa shape index (κ2) is 10.2. The van der Waals surface area contributed by atoms with Crippen molar-refractivity contribution < 1.29 is 0 Å². The van der Waals surface area contributed by atoms with Gasteiger partial charge in [0.2, 0.25) is 0 Å². The van der Waals surface area contributed by atoms with E-state index < -0.39 is 0 Å². The predicted octanol–water partition coefficient (Wildman–Crippen LogP) is 4.69. The first-order valence-electron chi connectivity index (χ1n) is 7.65. The van der Waals surface area contributed by atoms with Gasteiger partial charge in [-0.3, -0.25) is 0 Å². The van der Waals surface area contributed by atoms with E-state index in [0.29, 0.717) is 0 Å². The zero-order valence-corrected chi connectivity index (χ0v) is 12.4. The van der Waals surface area contributed by atoms with Gasteiger partial charge >= 0.3 is 0 Å². The molecule has 0 radical (unpaired) electrons. The molecule has 0 aromatic carbocycles. The summed E-state index contributed by atoms with van der Waals surface area (Å²) in [5.74, 6) is 1.61. The maximum atomic E-state index is 5.95. The fourth-order valence-corrected chi connectivity index (χ4v) is 3.02. The molecule has 1 fully saturated rings. The van der Waals surface area contributed by atoms with Gasteiger partial charge in [-0.2, -0.15) is 0 Å². The summed E-state index contributed by atoms with van der Waals surface area (Å²) < 4.78 is 0. The highest BCUT2D eigenvalue weighted by atomic mass is 35.5. The van der Waals surface area contributed by atoms with Crippen molar-refractivity contribution in [1.29, 1.82) is 0 Å². The fourth-order valence-electron chi connectivity index (χ4n) is 2.77. The summed E-state index contributed by atoms with van der Waals surface area (Å²) in [6.45, 7) is 6.15. The van der Waals surface area contributed by atoms with E-state index in [9.17, 15) is 0 Å². The summed E-state index contributed by atoms with van der Waals surface area (Å²) in [5, 5.41) is 0. The Morgan fingerprint density at radius 1 is 1.06 bits per heavy atom. The quantitative estimate of drug-likeness (QED) is 0.429. The van der Waals surface area contributed by atoms with Crippen LogP contribution in [0.3, 0.4) is 0 Å². The highest BCUT2D eigenvalue weighted by Gasteiger charge is 2.18. The van der Waals surface area contributed by atoms with Crippen LogP contribution in [0.1, 0.15) is 64.7 Å². The van der Waals surface area contributed by atoms with E-state index in [1.54, 1.807) is 0 Å². The van der Waals surface area contributed by atoms with Gasteiger partial charge in [0.1, 0.15) is 0 Å². The van der Waals surface area contributed by atoms with E-state index >= 15 is 0 Å². The van der Waals surface area contributed by atoms with E-state index in [-0.39, 0.29) is 0 Å². The lowest BCUT2D eigenvalue weighted by atomic mass is 9.99. The molecule has 2 heteroatoms. The number of nitrogens with zero attached hydrogens (tertiary/aromatic N) is 1. The van der Waals surface area contributed by atoms with Gasteiger partial charge in [-0.05, 0) is 38.3 Å². The smallest absolute Gasteiger partial charge is 0.0263 e. The Kier molecular flexibility index (Phi) is 9.18. The summed E-state index contributed by atoms with van der Waals surface area (Å²) in [6, 6.07) is 0. The van der Waals surface area contributed by atoms with Gasteiger partial charge in [0.05, 0.1) is 0 Å². The molecule has 1 atom stereocenters. The highest BCUT2D eigenvalue weighted by Crippen LogP contribution is 2.18. The Morgan fingerprint density at radius 3 is 2.47 bits per heavy atom. The standard InChI is InChI=1S/C15H30ClN/c1-2-3-4-5-6-7-8-11-17-12-9-10-15(13-16)14-17/h15H,2-14H2,1H3. The number of hydrogen-bond acceptors (Lipinski definition) is 1. The van der Waals surface area contributed by atoms with Crippen molar-refractivity contribution in [2.45, 2.75) is 64.7 Å². The molecule has 0 spiro atoms. The molecule has 1 nitrogen and oxygen atoms in total. The first-order valence-corrected chi connectivity index (χ1v) is 8.18. The molecule has 0 saturated carbocycles. The number of rotatable bonds is 9. The maximum absolute atomic E-state index is 5.95. The zero-order chi connectivity index (χ0) is 12.3. The van der Waals surface area contributed by atoms with Gasteiger partial charge in [0, 0.05) is 12.4 Å². The van der Waals surface area contributed by atoms with Crippen LogP contribution in [0.15, 0.2) is 0 Å². The average Bonchev–Trinajstić information content (AvgIpc) is 2.38. The average molecular weight is 260 g/mol. The molecular weight excluding hydrogens is 230 g/mol. The van der Waals surface area contributed by atoms with Crippen LogP contribution < -0.4 is 0 Å². The number of unbranched alkanes of at least 4 members (excludes halogenated alkanes) is 6. The Bertz CT molecular complexity index is 172. The SMILES string of the molecule is CCCCCCCCCN1CCCC(CCl)C1. The summed E-state index contributed by atoms with van der Waals surface area (Å²) >= 11 is 5.95. The van der Waals surface area contributed by atoms with Crippen LogP contribution >= 0.6 is 11.6 Å². The molecule has 0 bridgehead atoms. The van der Waals surface area contributed by atoms with E-state index in [0.717, 1.165) is 11.8 Å². The molecular formula is C15H30ClN. The van der Waals surface area contributed by atoms with E-state index in [4.69, 9.17) is 11.6 Å². The minimum Gasteiger partial charge on any atom is -0.303 e. The van der Waals surface area contributed by atoms with Gasteiger partial charge < -0.3 is 4.90 Å². The van der Waals surface area contributed by atoms with Crippen molar-refractivity contribution in [3.05, 3.63) is 0 Å². The van der Waals surface area contributed by atoms with Crippen LogP contribution in [0, 0.1) is 5.92 Å². The molecule has 1 aliphatic rings. The molecule has 0 N–H and O–H groups in total. The Morgan fingerprint density at radius 2 is 1.76 bits per heavy atom. The van der Waals surface area contributed by atoms with Gasteiger partial charge in [-0.15, -0.1) is 11.6 Å². The third-order valence-electron chi connectivity index (χ3n) is 3.90. The van der Waals surface area contributed by atoms with Crippen LogP contribution in [0.4, 0.5) is 0 Å². The Hall–Kier alpha value is 0.250. The third kappa shape index (κ3) is 7.31. The monoisotopic (exact) mass is 259 g/mol. The van der Waals surface area contributed by atoms with E-state index in [1.165, 1.54) is 77.4 Å². The summed E-state index contributed by atoms with van der Waals surface area (Å²) in [5.41, 5.74) is 0. The lowest BCUT2D eigenvalue weighted by Crippen LogP contribution is -2.36. The first-order chi connectivity index (χ1) is 8.36. The molecule has 0 aromatic rings. The molecule has 1 unspecified atom stereocenters. The van der Waals surface area contributed by atoms with Gasteiger partial charge in [-0.25, -0.2) is 0 Å². The van der Waals surface area contributed by atoms with Crippen molar-refractivity contribution >= 4 is 11.6 Å². The highest BCUT2D eigenvalue weighted by molar-refractivity contribution is 6.18. The molecule has 0 aromatic heterocycles. The molecule has 1 rings (SSSR count). The first kappa shape index (κ1) is 15.3. The van der Waals surface area contributed by atoms with E-state index in [1.807, 2.05) is 0 Å². The summed E-state index contributed by atoms with van der Waals surface area (Å²) in [6.07, 6.45) is 12.6. The summed E-state index contributed by atoms with van der Waals surface area (Å²) in [4.78, 5) is 2.63. The number of likely N-dealkylation sites (tertiary alicyclic amines) is 1. The topological polar surface area (TPSA) is 3.24 Å². The van der Waals surface area contributed by atoms with Crippen LogP contribution in [-0.4, -0.2) is 30.4 Å². The fraction of sp³-hybridized carbons (Fsp3) is 1.00. The van der Waals surface area contributed by atoms with Crippen LogP contribution in [0.5, 0.6) is 0 Å². The largest absolute Gasteiger partial charge is 0.303 e. The Balaban J connectivity index is 1.91. The lowest BCUT2D eigenvalue weighted by Gasteiger charge is -2.31. The number of alkyl halides is 1. The molecule has 17 heavy (non-hydrogen) atoms. The number of hydrogen-bond donors (Lipinski definition) is 0. The van der Waals surface area contributed by atoms with Crippen LogP contribution in [0.25, 0.3) is 0 Å². The summed E-state index contributed by atoms with van der Waals surface area (Å²) in [7, 11) is 0. The van der Waals surface area contributed by atoms with Crippen molar-refractivity contribution in [3.8, 4) is 0 Å². The van der Waals surface area contributed by atoms with Gasteiger partial charge in [0.25, 0.3) is 0 Å². The van der Waals surface area contributed by atoms with Crippen molar-refractivity contribution in [3.63, 3.8) is 0 Å². The van der Waals surface area contributed by atoms with Crippen molar-refractivity contribution in [2.24, 2.45) is 5.92 Å². The third-order valence-corrected chi connectivity index (χ3v) is 4.34. The van der Waals surface area contributed by atoms with Gasteiger partial charge in [0.15, 0.2) is 0 Å². The normalized spacial score (nSPS) is 21.9. The molecule has 102 valence electrons. The Labute approximate surface area is 113 Å². The number of piperidine rings is 1. The second-order valence-electron chi connectivity index (χ2n) is 5.58. The second-order valence-corrected chi connectivity index (χ2v) is 5.89. The lowest BCUT2D eigenvalue weighted by molar-refractivity contribution is 0.182.